The number of nitrogens with zero attached hydrogens (tertiary/aromatic N) is 2. The van der Waals surface area contributed by atoms with Crippen molar-refractivity contribution in [1.29, 1.82) is 0 Å². The Bertz CT molecular complexity index is 1040. The smallest absolute Gasteiger partial charge is 0.258 e. The first kappa shape index (κ1) is 20.1. The number of carbonyl (C=O) groups is 1. The Morgan fingerprint density at radius 2 is 1.90 bits per heavy atom. The Labute approximate surface area is 174 Å². The van der Waals surface area contributed by atoms with Crippen molar-refractivity contribution in [2.45, 2.75) is 57.1 Å². The van der Waals surface area contributed by atoms with Gasteiger partial charge in [0.1, 0.15) is 11.9 Å². The Balaban J connectivity index is 1.19. The molecule has 1 fully saturated rings. The molecule has 1 aliphatic carbocycles. The fourth-order valence-corrected chi connectivity index (χ4v) is 3.88. The fraction of sp³-hybridized carbons (Fsp3) is 0.391. The summed E-state index contributed by atoms with van der Waals surface area (Å²) in [6.45, 7) is 0. The number of carbonyl (C=O) groups excluding carboxylic acids is 1. The van der Waals surface area contributed by atoms with Crippen LogP contribution in [0.5, 0.6) is 5.88 Å². The molecule has 3 aromatic rings. The van der Waals surface area contributed by atoms with Crippen molar-refractivity contribution in [2.75, 3.05) is 0 Å². The van der Waals surface area contributed by atoms with Gasteiger partial charge in [-0.15, -0.1) is 0 Å². The molecule has 7 heteroatoms. The van der Waals surface area contributed by atoms with Crippen LogP contribution in [0, 0.1) is 0 Å². The molecule has 4 rings (SSSR count). The summed E-state index contributed by atoms with van der Waals surface area (Å²) in [5.74, 6) is 1.33. The third-order valence-electron chi connectivity index (χ3n) is 5.44. The molecule has 0 atom stereocenters. The standard InChI is InChI=1S/C23H26N4O3/c28-21(9-5-8-20-26-19-7-2-1-6-18(19)23(29)27-20)25-16-11-13-17(14-12-16)30-22-10-3-4-15-24-22/h1-4,6-7,10,15-17H,5,8-9,11-14H2,(H,25,28)(H,26,27,29). The summed E-state index contributed by atoms with van der Waals surface area (Å²) in [6.07, 6.45) is 7.14. The van der Waals surface area contributed by atoms with E-state index >= 15 is 0 Å². The summed E-state index contributed by atoms with van der Waals surface area (Å²) in [5, 5.41) is 3.71. The van der Waals surface area contributed by atoms with Gasteiger partial charge in [0.25, 0.3) is 5.56 Å². The van der Waals surface area contributed by atoms with E-state index < -0.39 is 0 Å². The highest BCUT2D eigenvalue weighted by molar-refractivity contribution is 5.77. The number of aromatic nitrogens is 3. The molecule has 1 saturated carbocycles. The lowest BCUT2D eigenvalue weighted by Crippen LogP contribution is -2.39. The third-order valence-corrected chi connectivity index (χ3v) is 5.44. The number of aromatic amines is 1. The molecule has 7 nitrogen and oxygen atoms in total. The molecule has 0 spiro atoms. The van der Waals surface area contributed by atoms with Gasteiger partial charge in [0, 0.05) is 31.1 Å². The highest BCUT2D eigenvalue weighted by atomic mass is 16.5. The SMILES string of the molecule is O=C(CCCc1nc2ccccc2c(=O)[nH]1)NC1CCC(Oc2ccccn2)CC1. The van der Waals surface area contributed by atoms with E-state index in [9.17, 15) is 9.59 Å². The second kappa shape index (κ2) is 9.52. The van der Waals surface area contributed by atoms with Crippen molar-refractivity contribution >= 4 is 16.8 Å². The second-order valence-electron chi connectivity index (χ2n) is 7.71. The normalized spacial score (nSPS) is 18.8. The van der Waals surface area contributed by atoms with Crippen LogP contribution in [-0.4, -0.2) is 33.0 Å². The van der Waals surface area contributed by atoms with Gasteiger partial charge in [-0.05, 0) is 50.3 Å². The molecule has 0 saturated heterocycles. The lowest BCUT2D eigenvalue weighted by atomic mass is 9.93. The zero-order chi connectivity index (χ0) is 20.8. The number of amides is 1. The predicted molar refractivity (Wildman–Crippen MR) is 114 cm³/mol. The maximum Gasteiger partial charge on any atom is 0.258 e. The van der Waals surface area contributed by atoms with Crippen LogP contribution in [0.15, 0.2) is 53.5 Å². The largest absolute Gasteiger partial charge is 0.474 e. The molecule has 0 unspecified atom stereocenters. The summed E-state index contributed by atoms with van der Waals surface area (Å²) in [7, 11) is 0. The Kier molecular flexibility index (Phi) is 6.37. The molecule has 30 heavy (non-hydrogen) atoms. The summed E-state index contributed by atoms with van der Waals surface area (Å²) in [6, 6.07) is 13.1. The lowest BCUT2D eigenvalue weighted by Gasteiger charge is -2.29. The number of nitrogens with one attached hydrogen (secondary N) is 2. The molecule has 2 heterocycles. The molecule has 2 aromatic heterocycles. The van der Waals surface area contributed by atoms with Gasteiger partial charge in [0.05, 0.1) is 10.9 Å². The molecular weight excluding hydrogens is 380 g/mol. The first-order valence-corrected chi connectivity index (χ1v) is 10.5. The maximum absolute atomic E-state index is 12.3. The molecule has 0 aliphatic heterocycles. The fourth-order valence-electron chi connectivity index (χ4n) is 3.88. The number of benzene rings is 1. The Hall–Kier alpha value is -3.22. The summed E-state index contributed by atoms with van der Waals surface area (Å²) in [4.78, 5) is 35.9. The van der Waals surface area contributed by atoms with E-state index in [2.05, 4.69) is 20.3 Å². The van der Waals surface area contributed by atoms with Gasteiger partial charge in [-0.1, -0.05) is 18.2 Å². The van der Waals surface area contributed by atoms with Crippen molar-refractivity contribution in [3.63, 3.8) is 0 Å². The van der Waals surface area contributed by atoms with Gasteiger partial charge in [-0.2, -0.15) is 0 Å². The number of H-pyrrole nitrogens is 1. The van der Waals surface area contributed by atoms with Gasteiger partial charge in [0.2, 0.25) is 11.8 Å². The average Bonchev–Trinajstić information content (AvgIpc) is 2.76. The van der Waals surface area contributed by atoms with E-state index in [1.165, 1.54) is 0 Å². The van der Waals surface area contributed by atoms with E-state index in [0.29, 0.717) is 41.9 Å². The van der Waals surface area contributed by atoms with E-state index in [-0.39, 0.29) is 23.6 Å². The molecule has 0 radical (unpaired) electrons. The van der Waals surface area contributed by atoms with Gasteiger partial charge >= 0.3 is 0 Å². The number of hydrogen-bond donors (Lipinski definition) is 2. The average molecular weight is 406 g/mol. The number of aryl methyl sites for hydroxylation is 1. The number of ether oxygens (including phenoxy) is 1. The first-order valence-electron chi connectivity index (χ1n) is 10.5. The van der Waals surface area contributed by atoms with Crippen molar-refractivity contribution in [3.05, 3.63) is 64.8 Å². The molecular formula is C23H26N4O3. The molecule has 2 N–H and O–H groups in total. The van der Waals surface area contributed by atoms with Crippen molar-refractivity contribution in [2.24, 2.45) is 0 Å². The summed E-state index contributed by atoms with van der Waals surface area (Å²) in [5.41, 5.74) is 0.551. The molecule has 1 aromatic carbocycles. The minimum atomic E-state index is -0.135. The van der Waals surface area contributed by atoms with Gasteiger partial charge in [-0.3, -0.25) is 9.59 Å². The van der Waals surface area contributed by atoms with Crippen LogP contribution in [0.25, 0.3) is 10.9 Å². The monoisotopic (exact) mass is 406 g/mol. The zero-order valence-electron chi connectivity index (χ0n) is 16.8. The number of para-hydroxylation sites is 1. The molecule has 1 amide bonds. The molecule has 1 aliphatic rings. The number of hydrogen-bond acceptors (Lipinski definition) is 5. The van der Waals surface area contributed by atoms with Crippen LogP contribution < -0.4 is 15.6 Å². The topological polar surface area (TPSA) is 97.0 Å². The van der Waals surface area contributed by atoms with Crippen LogP contribution in [0.3, 0.4) is 0 Å². The van der Waals surface area contributed by atoms with Gasteiger partial charge in [0.15, 0.2) is 0 Å². The van der Waals surface area contributed by atoms with Crippen molar-refractivity contribution in [1.82, 2.24) is 20.3 Å². The van der Waals surface area contributed by atoms with Crippen molar-refractivity contribution < 1.29 is 9.53 Å². The van der Waals surface area contributed by atoms with Crippen LogP contribution in [0.2, 0.25) is 0 Å². The van der Waals surface area contributed by atoms with Crippen LogP contribution >= 0.6 is 0 Å². The quantitative estimate of drug-likeness (QED) is 0.628. The number of rotatable bonds is 7. The first-order chi connectivity index (χ1) is 14.7. The highest BCUT2D eigenvalue weighted by Crippen LogP contribution is 2.23. The van der Waals surface area contributed by atoms with E-state index in [1.54, 1.807) is 12.3 Å². The highest BCUT2D eigenvalue weighted by Gasteiger charge is 2.23. The second-order valence-corrected chi connectivity index (χ2v) is 7.71. The van der Waals surface area contributed by atoms with E-state index in [0.717, 1.165) is 25.7 Å². The van der Waals surface area contributed by atoms with E-state index in [1.807, 2.05) is 36.4 Å². The minimum Gasteiger partial charge on any atom is -0.474 e. The summed E-state index contributed by atoms with van der Waals surface area (Å²) < 4.78 is 5.90. The Morgan fingerprint density at radius 3 is 2.70 bits per heavy atom. The lowest BCUT2D eigenvalue weighted by molar-refractivity contribution is -0.122. The van der Waals surface area contributed by atoms with Gasteiger partial charge < -0.3 is 15.0 Å². The Morgan fingerprint density at radius 1 is 1.10 bits per heavy atom. The number of pyridine rings is 1. The zero-order valence-corrected chi connectivity index (χ0v) is 16.8. The van der Waals surface area contributed by atoms with Crippen LogP contribution in [0.1, 0.15) is 44.3 Å². The minimum absolute atomic E-state index is 0.0484. The third kappa shape index (κ3) is 5.23. The van der Waals surface area contributed by atoms with Crippen molar-refractivity contribution in [3.8, 4) is 5.88 Å². The molecule has 156 valence electrons. The predicted octanol–water partition coefficient (Wildman–Crippen LogP) is 3.15. The van der Waals surface area contributed by atoms with Crippen LogP contribution in [-0.2, 0) is 11.2 Å². The van der Waals surface area contributed by atoms with E-state index in [4.69, 9.17) is 4.74 Å². The van der Waals surface area contributed by atoms with Crippen LogP contribution in [0.4, 0.5) is 0 Å². The summed E-state index contributed by atoms with van der Waals surface area (Å²) >= 11 is 0. The van der Waals surface area contributed by atoms with Gasteiger partial charge in [-0.25, -0.2) is 9.97 Å². The maximum atomic E-state index is 12.3. The number of fused-ring (bicyclic) bond motifs is 1. The molecule has 0 bridgehead atoms.